The maximum atomic E-state index is 12.0. The average molecular weight is 412 g/mol. The summed E-state index contributed by atoms with van der Waals surface area (Å²) < 4.78 is 3.76. The summed E-state index contributed by atoms with van der Waals surface area (Å²) in [5, 5.41) is 6.33. The summed E-state index contributed by atoms with van der Waals surface area (Å²) in [5.74, 6) is 6.61. The molecule has 154 valence electrons. The summed E-state index contributed by atoms with van der Waals surface area (Å²) in [5.41, 5.74) is 9.02. The summed E-state index contributed by atoms with van der Waals surface area (Å²) >= 11 is 0. The molecule has 1 saturated heterocycles. The van der Waals surface area contributed by atoms with Crippen molar-refractivity contribution in [3.63, 3.8) is 0 Å². The van der Waals surface area contributed by atoms with Crippen molar-refractivity contribution in [1.82, 2.24) is 34.2 Å². The highest BCUT2D eigenvalue weighted by atomic mass is 16.2. The lowest BCUT2D eigenvalue weighted by Crippen LogP contribution is -2.27. The molecule has 9 heteroatoms. The van der Waals surface area contributed by atoms with Gasteiger partial charge in [-0.05, 0) is 30.6 Å². The molecule has 1 atom stereocenters. The van der Waals surface area contributed by atoms with Crippen LogP contribution < -0.4 is 5.73 Å². The van der Waals surface area contributed by atoms with Crippen molar-refractivity contribution in [2.45, 2.75) is 12.5 Å². The molecule has 1 fully saturated rings. The van der Waals surface area contributed by atoms with Crippen molar-refractivity contribution in [3.8, 4) is 11.8 Å². The number of pyridine rings is 1. The van der Waals surface area contributed by atoms with Gasteiger partial charge in [0.25, 0.3) is 0 Å². The normalized spacial score (nSPS) is 15.9. The van der Waals surface area contributed by atoms with E-state index in [0.717, 1.165) is 23.0 Å². The van der Waals surface area contributed by atoms with Gasteiger partial charge >= 0.3 is 0 Å². The first kappa shape index (κ1) is 18.8. The monoisotopic (exact) mass is 412 g/mol. The van der Waals surface area contributed by atoms with E-state index in [1.54, 1.807) is 11.1 Å². The molecule has 0 radical (unpaired) electrons. The third-order valence-electron chi connectivity index (χ3n) is 5.56. The van der Waals surface area contributed by atoms with Crippen LogP contribution in [-0.2, 0) is 11.8 Å². The molecule has 4 aromatic heterocycles. The molecule has 0 spiro atoms. The Labute approximate surface area is 178 Å². The molecule has 0 saturated carbocycles. The molecule has 0 aromatic carbocycles. The van der Waals surface area contributed by atoms with E-state index in [9.17, 15) is 4.79 Å². The summed E-state index contributed by atoms with van der Waals surface area (Å²) in [6, 6.07) is 3.86. The van der Waals surface area contributed by atoms with Crippen molar-refractivity contribution in [2.75, 3.05) is 18.8 Å². The predicted molar refractivity (Wildman–Crippen MR) is 117 cm³/mol. The fraction of sp³-hybridized carbons (Fsp3) is 0.227. The molecule has 1 amide bonds. The number of carbonyl (C=O) groups excluding carboxylic acids is 1. The minimum absolute atomic E-state index is 0.0157. The van der Waals surface area contributed by atoms with Crippen LogP contribution in [0, 0.1) is 11.8 Å². The number of nitrogen functional groups attached to an aromatic ring is 1. The van der Waals surface area contributed by atoms with Crippen molar-refractivity contribution in [3.05, 3.63) is 54.8 Å². The van der Waals surface area contributed by atoms with Crippen molar-refractivity contribution in [2.24, 2.45) is 7.05 Å². The first-order valence-corrected chi connectivity index (χ1v) is 9.89. The molecule has 1 aliphatic rings. The zero-order chi connectivity index (χ0) is 21.5. The van der Waals surface area contributed by atoms with E-state index in [4.69, 9.17) is 10.8 Å². The zero-order valence-electron chi connectivity index (χ0n) is 17.0. The van der Waals surface area contributed by atoms with Crippen LogP contribution in [0.2, 0.25) is 0 Å². The highest BCUT2D eigenvalue weighted by Crippen LogP contribution is 2.28. The summed E-state index contributed by atoms with van der Waals surface area (Å²) in [6.07, 6.45) is 7.22. The van der Waals surface area contributed by atoms with Gasteiger partial charge in [-0.1, -0.05) is 12.5 Å². The second kappa shape index (κ2) is 7.25. The van der Waals surface area contributed by atoms with Gasteiger partial charge in [0.1, 0.15) is 23.5 Å². The topological polar surface area (TPSA) is 108 Å². The minimum Gasteiger partial charge on any atom is -0.383 e. The first-order chi connectivity index (χ1) is 15.1. The van der Waals surface area contributed by atoms with E-state index in [-0.39, 0.29) is 11.9 Å². The Bertz CT molecular complexity index is 1400. The minimum atomic E-state index is -0.0855. The Morgan fingerprint density at radius 1 is 1.29 bits per heavy atom. The Balaban J connectivity index is 1.59. The van der Waals surface area contributed by atoms with Crippen LogP contribution in [0.5, 0.6) is 0 Å². The second-order valence-corrected chi connectivity index (χ2v) is 7.46. The van der Waals surface area contributed by atoms with Crippen LogP contribution in [0.3, 0.4) is 0 Å². The number of aryl methyl sites for hydroxylation is 1. The molecule has 1 aliphatic heterocycles. The molecule has 0 aliphatic carbocycles. The van der Waals surface area contributed by atoms with Gasteiger partial charge in [0.15, 0.2) is 5.65 Å². The van der Waals surface area contributed by atoms with Crippen LogP contribution in [0.15, 0.2) is 43.5 Å². The molecule has 9 nitrogen and oxygen atoms in total. The number of amides is 1. The standard InChI is InChI=1S/C22H20N8O/c1-3-18(31)29-10-8-15(12-29)30-22-19(20(23)25-13-26-22)17(27-30)7-6-14-11-28(2)21-16(14)5-4-9-24-21/h3-5,9,11,13,15H,1,8,10,12H2,2H3,(H2,23,25,26)/t15-/m1/s1. The van der Waals surface area contributed by atoms with E-state index in [2.05, 4.69) is 33.4 Å². The third kappa shape index (κ3) is 3.09. The van der Waals surface area contributed by atoms with Crippen LogP contribution in [0.1, 0.15) is 23.7 Å². The van der Waals surface area contributed by atoms with Gasteiger partial charge < -0.3 is 15.2 Å². The van der Waals surface area contributed by atoms with Crippen LogP contribution >= 0.6 is 0 Å². The quantitative estimate of drug-likeness (QED) is 0.396. The first-order valence-electron chi connectivity index (χ1n) is 9.89. The molecule has 5 rings (SSSR count). The van der Waals surface area contributed by atoms with Crippen molar-refractivity contribution >= 4 is 33.8 Å². The smallest absolute Gasteiger partial charge is 0.246 e. The molecule has 5 heterocycles. The predicted octanol–water partition coefficient (Wildman–Crippen LogP) is 1.65. The number of aromatic nitrogens is 6. The van der Waals surface area contributed by atoms with E-state index in [1.165, 1.54) is 12.4 Å². The number of carbonyl (C=O) groups is 1. The number of nitrogens with two attached hydrogens (primary N) is 1. The molecule has 0 unspecified atom stereocenters. The number of hydrogen-bond acceptors (Lipinski definition) is 6. The fourth-order valence-electron chi connectivity index (χ4n) is 4.05. The third-order valence-corrected chi connectivity index (χ3v) is 5.56. The Morgan fingerprint density at radius 2 is 2.16 bits per heavy atom. The highest BCUT2D eigenvalue weighted by molar-refractivity contribution is 5.91. The summed E-state index contributed by atoms with van der Waals surface area (Å²) in [4.78, 5) is 26.7. The average Bonchev–Trinajstić information content (AvgIpc) is 3.49. The number of likely N-dealkylation sites (tertiary alicyclic amines) is 1. The zero-order valence-corrected chi connectivity index (χ0v) is 17.0. The van der Waals surface area contributed by atoms with Gasteiger partial charge in [0, 0.05) is 37.9 Å². The fourth-order valence-corrected chi connectivity index (χ4v) is 4.05. The van der Waals surface area contributed by atoms with E-state index < -0.39 is 0 Å². The maximum absolute atomic E-state index is 12.0. The Kier molecular flexibility index (Phi) is 4.40. The van der Waals surface area contributed by atoms with Gasteiger partial charge in [-0.3, -0.25) is 4.79 Å². The summed E-state index contributed by atoms with van der Waals surface area (Å²) in [6.45, 7) is 4.75. The lowest BCUT2D eigenvalue weighted by atomic mass is 10.2. The van der Waals surface area contributed by atoms with Crippen molar-refractivity contribution < 1.29 is 4.79 Å². The van der Waals surface area contributed by atoms with Gasteiger partial charge in [-0.2, -0.15) is 5.10 Å². The van der Waals surface area contributed by atoms with Gasteiger partial charge in [0.2, 0.25) is 5.91 Å². The van der Waals surface area contributed by atoms with Gasteiger partial charge in [0.05, 0.1) is 17.0 Å². The van der Waals surface area contributed by atoms with Crippen molar-refractivity contribution in [1.29, 1.82) is 0 Å². The van der Waals surface area contributed by atoms with Crippen LogP contribution in [0.25, 0.3) is 22.1 Å². The Hall–Kier alpha value is -4.19. The Morgan fingerprint density at radius 3 is 3.00 bits per heavy atom. The maximum Gasteiger partial charge on any atom is 0.246 e. The van der Waals surface area contributed by atoms with Crippen LogP contribution in [0.4, 0.5) is 5.82 Å². The molecular formula is C22H20N8O. The van der Waals surface area contributed by atoms with E-state index >= 15 is 0 Å². The molecule has 4 aromatic rings. The highest BCUT2D eigenvalue weighted by Gasteiger charge is 2.29. The number of fused-ring (bicyclic) bond motifs is 2. The molecule has 2 N–H and O–H groups in total. The molecule has 31 heavy (non-hydrogen) atoms. The number of hydrogen-bond donors (Lipinski definition) is 1. The van der Waals surface area contributed by atoms with Gasteiger partial charge in [-0.25, -0.2) is 19.6 Å². The number of rotatable bonds is 2. The second-order valence-electron chi connectivity index (χ2n) is 7.46. The molecule has 0 bridgehead atoms. The summed E-state index contributed by atoms with van der Waals surface area (Å²) in [7, 11) is 1.94. The SMILES string of the molecule is C=CC(=O)N1CC[C@@H](n2nc(C#Cc3cn(C)c4ncccc34)c3c(N)ncnc32)C1. The lowest BCUT2D eigenvalue weighted by Gasteiger charge is -2.14. The van der Waals surface area contributed by atoms with E-state index in [0.29, 0.717) is 35.6 Å². The number of anilines is 1. The van der Waals surface area contributed by atoms with E-state index in [1.807, 2.05) is 34.6 Å². The lowest BCUT2D eigenvalue weighted by molar-refractivity contribution is -0.125. The van der Waals surface area contributed by atoms with Gasteiger partial charge in [-0.15, -0.1) is 0 Å². The number of nitrogens with zero attached hydrogens (tertiary/aromatic N) is 7. The van der Waals surface area contributed by atoms with Crippen LogP contribution in [-0.4, -0.2) is 53.2 Å². The largest absolute Gasteiger partial charge is 0.383 e. The molecular weight excluding hydrogens is 392 g/mol.